The van der Waals surface area contributed by atoms with Crippen LogP contribution >= 0.6 is 0 Å². The van der Waals surface area contributed by atoms with Crippen LogP contribution in [0.15, 0.2) is 18.2 Å². The minimum atomic E-state index is 0.0393. The second-order valence-corrected chi connectivity index (χ2v) is 5.13. The number of nitrogens with zero attached hydrogens (tertiary/aromatic N) is 1. The first-order valence-corrected chi connectivity index (χ1v) is 6.67. The van der Waals surface area contributed by atoms with Crippen molar-refractivity contribution >= 4 is 5.91 Å². The molecule has 0 aromatic heterocycles. The summed E-state index contributed by atoms with van der Waals surface area (Å²) in [5.74, 6) is 0.229. The molecule has 3 heteroatoms. The molecular weight excluding hydrogens is 224 g/mol. The fourth-order valence-electron chi connectivity index (χ4n) is 3.01. The lowest BCUT2D eigenvalue weighted by Gasteiger charge is -2.40. The summed E-state index contributed by atoms with van der Waals surface area (Å²) in [6.07, 6.45) is 1.37. The Morgan fingerprint density at radius 1 is 1.33 bits per heavy atom. The Labute approximate surface area is 109 Å². The fraction of sp³-hybridized carbons (Fsp3) is 0.533. The third-order valence-electron chi connectivity index (χ3n) is 3.93. The Balaban J connectivity index is 2.48. The van der Waals surface area contributed by atoms with Gasteiger partial charge < -0.3 is 10.6 Å². The van der Waals surface area contributed by atoms with Crippen LogP contribution in [0.4, 0.5) is 0 Å². The number of likely N-dealkylation sites (tertiary alicyclic amines) is 1. The van der Waals surface area contributed by atoms with Crippen molar-refractivity contribution in [2.24, 2.45) is 5.73 Å². The summed E-state index contributed by atoms with van der Waals surface area (Å²) in [5.41, 5.74) is 9.97. The van der Waals surface area contributed by atoms with Gasteiger partial charge in [0, 0.05) is 19.0 Å². The Morgan fingerprint density at radius 3 is 2.50 bits per heavy atom. The van der Waals surface area contributed by atoms with E-state index in [4.69, 9.17) is 5.73 Å². The van der Waals surface area contributed by atoms with Crippen molar-refractivity contribution in [2.75, 3.05) is 6.54 Å². The minimum Gasteiger partial charge on any atom is -0.334 e. The molecule has 2 N–H and O–H groups in total. The number of hydrogen-bond donors (Lipinski definition) is 1. The average molecular weight is 246 g/mol. The van der Waals surface area contributed by atoms with Gasteiger partial charge in [-0.2, -0.15) is 0 Å². The van der Waals surface area contributed by atoms with E-state index in [2.05, 4.69) is 32.0 Å². The molecule has 18 heavy (non-hydrogen) atoms. The highest BCUT2D eigenvalue weighted by atomic mass is 16.2. The molecule has 2 unspecified atom stereocenters. The van der Waals surface area contributed by atoms with Gasteiger partial charge in [0.25, 0.3) is 0 Å². The van der Waals surface area contributed by atoms with E-state index < -0.39 is 0 Å². The van der Waals surface area contributed by atoms with Crippen LogP contribution < -0.4 is 5.73 Å². The van der Waals surface area contributed by atoms with Crippen LogP contribution in [0.1, 0.15) is 42.5 Å². The van der Waals surface area contributed by atoms with E-state index in [1.165, 1.54) is 16.7 Å². The van der Waals surface area contributed by atoms with Gasteiger partial charge in [-0.15, -0.1) is 0 Å². The maximum Gasteiger partial charge on any atom is 0.223 e. The van der Waals surface area contributed by atoms with E-state index in [1.807, 2.05) is 11.8 Å². The number of piperidine rings is 1. The molecule has 3 nitrogen and oxygen atoms in total. The van der Waals surface area contributed by atoms with Crippen LogP contribution in [-0.2, 0) is 4.79 Å². The highest BCUT2D eigenvalue weighted by Gasteiger charge is 2.35. The number of benzene rings is 1. The molecule has 2 atom stereocenters. The molecule has 1 heterocycles. The highest BCUT2D eigenvalue weighted by Crippen LogP contribution is 2.34. The van der Waals surface area contributed by atoms with Crippen LogP contribution in [0, 0.1) is 13.8 Å². The maximum absolute atomic E-state index is 12.0. The molecule has 1 amide bonds. The summed E-state index contributed by atoms with van der Waals surface area (Å²) in [6.45, 7) is 6.95. The van der Waals surface area contributed by atoms with Gasteiger partial charge in [-0.1, -0.05) is 18.2 Å². The number of amides is 1. The third kappa shape index (κ3) is 2.15. The van der Waals surface area contributed by atoms with E-state index in [0.717, 1.165) is 13.0 Å². The lowest BCUT2D eigenvalue weighted by atomic mass is 9.86. The first kappa shape index (κ1) is 13.1. The molecule has 2 rings (SSSR count). The van der Waals surface area contributed by atoms with Crippen molar-refractivity contribution in [3.05, 3.63) is 34.9 Å². The zero-order chi connectivity index (χ0) is 13.3. The molecule has 98 valence electrons. The highest BCUT2D eigenvalue weighted by molar-refractivity contribution is 5.78. The Kier molecular flexibility index (Phi) is 3.71. The van der Waals surface area contributed by atoms with E-state index in [-0.39, 0.29) is 18.0 Å². The predicted molar refractivity (Wildman–Crippen MR) is 73.3 cm³/mol. The molecule has 0 radical (unpaired) electrons. The molecule has 1 saturated heterocycles. The van der Waals surface area contributed by atoms with Crippen LogP contribution in [0.25, 0.3) is 0 Å². The summed E-state index contributed by atoms with van der Waals surface area (Å²) in [4.78, 5) is 14.0. The zero-order valence-corrected chi connectivity index (χ0v) is 11.4. The van der Waals surface area contributed by atoms with Gasteiger partial charge >= 0.3 is 0 Å². The molecule has 0 spiro atoms. The number of rotatable bonds is 2. The summed E-state index contributed by atoms with van der Waals surface area (Å²) in [5, 5.41) is 0. The monoisotopic (exact) mass is 246 g/mol. The minimum absolute atomic E-state index is 0.0393. The summed E-state index contributed by atoms with van der Waals surface area (Å²) < 4.78 is 0. The fourth-order valence-corrected chi connectivity index (χ4v) is 3.01. The normalized spacial score (nSPS) is 24.4. The number of carbonyl (C=O) groups is 1. The molecule has 0 aliphatic carbocycles. The number of aryl methyl sites for hydroxylation is 2. The van der Waals surface area contributed by atoms with E-state index in [1.54, 1.807) is 0 Å². The van der Waals surface area contributed by atoms with Crippen molar-refractivity contribution in [3.8, 4) is 0 Å². The molecule has 1 aromatic carbocycles. The summed E-state index contributed by atoms with van der Waals surface area (Å²) in [6, 6.07) is 6.34. The number of carbonyl (C=O) groups excluding carboxylic acids is 1. The van der Waals surface area contributed by atoms with Gasteiger partial charge in [-0.3, -0.25) is 4.79 Å². The Morgan fingerprint density at radius 2 is 1.94 bits per heavy atom. The zero-order valence-electron chi connectivity index (χ0n) is 11.4. The van der Waals surface area contributed by atoms with Crippen molar-refractivity contribution in [1.82, 2.24) is 4.90 Å². The Bertz CT molecular complexity index is 436. The van der Waals surface area contributed by atoms with Gasteiger partial charge in [0.05, 0.1) is 6.04 Å². The van der Waals surface area contributed by atoms with Crippen molar-refractivity contribution in [3.63, 3.8) is 0 Å². The summed E-state index contributed by atoms with van der Waals surface area (Å²) in [7, 11) is 0. The van der Waals surface area contributed by atoms with Crippen molar-refractivity contribution in [1.29, 1.82) is 0 Å². The second kappa shape index (κ2) is 5.11. The SMILES string of the molecule is CCN1C(=O)CCC(N)C1c1c(C)cccc1C. The van der Waals surface area contributed by atoms with Crippen LogP contribution in [0.3, 0.4) is 0 Å². The average Bonchev–Trinajstić information content (AvgIpc) is 2.33. The van der Waals surface area contributed by atoms with Crippen molar-refractivity contribution in [2.45, 2.75) is 45.7 Å². The molecule has 0 saturated carbocycles. The first-order valence-electron chi connectivity index (χ1n) is 6.67. The quantitative estimate of drug-likeness (QED) is 0.870. The standard InChI is InChI=1S/C15H22N2O/c1-4-17-13(18)9-8-12(16)15(17)14-10(2)6-5-7-11(14)3/h5-7,12,15H,4,8-9,16H2,1-3H3. The van der Waals surface area contributed by atoms with Gasteiger partial charge in [-0.25, -0.2) is 0 Å². The molecule has 1 aliphatic rings. The Hall–Kier alpha value is -1.35. The molecular formula is C15H22N2O. The molecule has 1 aliphatic heterocycles. The van der Waals surface area contributed by atoms with Gasteiger partial charge in [0.15, 0.2) is 0 Å². The van der Waals surface area contributed by atoms with Crippen LogP contribution in [-0.4, -0.2) is 23.4 Å². The number of nitrogens with two attached hydrogens (primary N) is 1. The van der Waals surface area contributed by atoms with Gasteiger partial charge in [-0.05, 0) is 43.9 Å². The van der Waals surface area contributed by atoms with Crippen LogP contribution in [0.2, 0.25) is 0 Å². The summed E-state index contributed by atoms with van der Waals surface area (Å²) >= 11 is 0. The molecule has 1 aromatic rings. The number of likely N-dealkylation sites (N-methyl/N-ethyl adjacent to an activating group) is 1. The van der Waals surface area contributed by atoms with Gasteiger partial charge in [0.1, 0.15) is 0 Å². The first-order chi connectivity index (χ1) is 8.56. The van der Waals surface area contributed by atoms with E-state index in [0.29, 0.717) is 6.42 Å². The van der Waals surface area contributed by atoms with Crippen molar-refractivity contribution < 1.29 is 4.79 Å². The van der Waals surface area contributed by atoms with Gasteiger partial charge in [0.2, 0.25) is 5.91 Å². The molecule has 1 fully saturated rings. The topological polar surface area (TPSA) is 46.3 Å². The van der Waals surface area contributed by atoms with E-state index in [9.17, 15) is 4.79 Å². The smallest absolute Gasteiger partial charge is 0.223 e. The van der Waals surface area contributed by atoms with Crippen LogP contribution in [0.5, 0.6) is 0 Å². The second-order valence-electron chi connectivity index (χ2n) is 5.13. The third-order valence-corrected chi connectivity index (χ3v) is 3.93. The molecule has 0 bridgehead atoms. The van der Waals surface area contributed by atoms with E-state index >= 15 is 0 Å². The largest absolute Gasteiger partial charge is 0.334 e. The lowest BCUT2D eigenvalue weighted by Crippen LogP contribution is -2.49. The number of hydrogen-bond acceptors (Lipinski definition) is 2. The maximum atomic E-state index is 12.0. The lowest BCUT2D eigenvalue weighted by molar-refractivity contribution is -0.137. The predicted octanol–water partition coefficient (Wildman–Crippen LogP) is 2.31.